The number of aliphatic hydroxyl groups is 1. The van der Waals surface area contributed by atoms with Gasteiger partial charge in [0.25, 0.3) is 0 Å². The molecular formula is C14H21F3N2O. The SMILES string of the molecule is CCCC[C@@H](NN[C@@H](CO)c1ccccc1)C(F)(F)F. The second kappa shape index (κ2) is 8.24. The van der Waals surface area contributed by atoms with Crippen LogP contribution in [0.2, 0.25) is 0 Å². The van der Waals surface area contributed by atoms with E-state index in [0.29, 0.717) is 12.8 Å². The Labute approximate surface area is 117 Å². The number of halogens is 3. The van der Waals surface area contributed by atoms with Crippen LogP contribution in [-0.4, -0.2) is 23.9 Å². The highest BCUT2D eigenvalue weighted by Crippen LogP contribution is 2.24. The van der Waals surface area contributed by atoms with Gasteiger partial charge in [-0.3, -0.25) is 0 Å². The summed E-state index contributed by atoms with van der Waals surface area (Å²) < 4.78 is 38.5. The summed E-state index contributed by atoms with van der Waals surface area (Å²) in [5.74, 6) is 0. The summed E-state index contributed by atoms with van der Waals surface area (Å²) in [5.41, 5.74) is 5.63. The van der Waals surface area contributed by atoms with E-state index in [1.165, 1.54) is 0 Å². The second-order valence-corrected chi connectivity index (χ2v) is 4.67. The van der Waals surface area contributed by atoms with Crippen LogP contribution < -0.4 is 10.9 Å². The Morgan fingerprint density at radius 2 is 1.80 bits per heavy atom. The van der Waals surface area contributed by atoms with Crippen molar-refractivity contribution in [3.8, 4) is 0 Å². The Morgan fingerprint density at radius 1 is 1.15 bits per heavy atom. The van der Waals surface area contributed by atoms with Crippen molar-refractivity contribution in [1.29, 1.82) is 0 Å². The standard InChI is InChI=1S/C14H21F3N2O/c1-2-3-9-13(14(15,16)17)19-18-12(10-20)11-7-5-4-6-8-11/h4-8,12-13,18-20H,2-3,9-10H2,1H3/t12-,13+/m0/s1. The Morgan fingerprint density at radius 3 is 2.30 bits per heavy atom. The minimum absolute atomic E-state index is 0.0138. The van der Waals surface area contributed by atoms with E-state index in [1.807, 2.05) is 13.0 Å². The van der Waals surface area contributed by atoms with Gasteiger partial charge in [-0.2, -0.15) is 13.2 Å². The third-order valence-electron chi connectivity index (χ3n) is 3.06. The Bertz CT molecular complexity index is 370. The molecule has 0 heterocycles. The van der Waals surface area contributed by atoms with Crippen LogP contribution in [0.15, 0.2) is 30.3 Å². The molecule has 3 N–H and O–H groups in total. The zero-order valence-corrected chi connectivity index (χ0v) is 11.5. The van der Waals surface area contributed by atoms with Crippen molar-refractivity contribution in [3.63, 3.8) is 0 Å². The van der Waals surface area contributed by atoms with Crippen LogP contribution in [0.1, 0.15) is 37.8 Å². The molecule has 0 bridgehead atoms. The van der Waals surface area contributed by atoms with Gasteiger partial charge in [0.2, 0.25) is 0 Å². The highest BCUT2D eigenvalue weighted by molar-refractivity contribution is 5.18. The summed E-state index contributed by atoms with van der Waals surface area (Å²) in [6, 6.07) is 6.69. The van der Waals surface area contributed by atoms with Crippen molar-refractivity contribution in [2.24, 2.45) is 0 Å². The van der Waals surface area contributed by atoms with Crippen LogP contribution in [0.4, 0.5) is 13.2 Å². The average Bonchev–Trinajstić information content (AvgIpc) is 2.42. The quantitative estimate of drug-likeness (QED) is 0.645. The lowest BCUT2D eigenvalue weighted by atomic mass is 10.1. The van der Waals surface area contributed by atoms with Crippen molar-refractivity contribution in [1.82, 2.24) is 10.9 Å². The number of hydrazine groups is 1. The molecule has 0 aliphatic carbocycles. The van der Waals surface area contributed by atoms with E-state index in [9.17, 15) is 18.3 Å². The van der Waals surface area contributed by atoms with Crippen LogP contribution in [0, 0.1) is 0 Å². The van der Waals surface area contributed by atoms with Gasteiger partial charge < -0.3 is 5.11 Å². The number of hydrogen-bond donors (Lipinski definition) is 3. The van der Waals surface area contributed by atoms with Crippen LogP contribution in [0.3, 0.4) is 0 Å². The smallest absolute Gasteiger partial charge is 0.394 e. The molecule has 0 unspecified atom stereocenters. The van der Waals surface area contributed by atoms with Crippen LogP contribution in [0.5, 0.6) is 0 Å². The van der Waals surface area contributed by atoms with Gasteiger partial charge in [0.1, 0.15) is 6.04 Å². The third kappa shape index (κ3) is 5.48. The molecule has 20 heavy (non-hydrogen) atoms. The summed E-state index contributed by atoms with van der Waals surface area (Å²) in [6.07, 6.45) is -3.09. The van der Waals surface area contributed by atoms with Gasteiger partial charge >= 0.3 is 6.18 Å². The van der Waals surface area contributed by atoms with E-state index < -0.39 is 18.3 Å². The molecule has 0 saturated carbocycles. The monoisotopic (exact) mass is 290 g/mol. The predicted molar refractivity (Wildman–Crippen MR) is 71.9 cm³/mol. The number of unbranched alkanes of at least 4 members (excludes halogenated alkanes) is 1. The lowest BCUT2D eigenvalue weighted by molar-refractivity contribution is -0.161. The summed E-state index contributed by atoms with van der Waals surface area (Å²) in [6.45, 7) is 1.57. The van der Waals surface area contributed by atoms with Gasteiger partial charge in [0.05, 0.1) is 12.6 Å². The predicted octanol–water partition coefficient (Wildman–Crippen LogP) is 2.94. The normalized spacial score (nSPS) is 15.1. The molecule has 0 aliphatic rings. The minimum atomic E-state index is -4.31. The molecule has 0 aromatic heterocycles. The molecule has 1 aromatic carbocycles. The Balaban J connectivity index is 2.60. The van der Waals surface area contributed by atoms with Gasteiger partial charge in [0.15, 0.2) is 0 Å². The van der Waals surface area contributed by atoms with Crippen LogP contribution >= 0.6 is 0 Å². The highest BCUT2D eigenvalue weighted by atomic mass is 19.4. The van der Waals surface area contributed by atoms with Crippen LogP contribution in [0.25, 0.3) is 0 Å². The van der Waals surface area contributed by atoms with Crippen LogP contribution in [-0.2, 0) is 0 Å². The number of hydrogen-bond acceptors (Lipinski definition) is 3. The molecule has 0 aliphatic heterocycles. The van der Waals surface area contributed by atoms with E-state index >= 15 is 0 Å². The van der Waals surface area contributed by atoms with E-state index in [2.05, 4.69) is 10.9 Å². The van der Waals surface area contributed by atoms with E-state index in [0.717, 1.165) is 5.56 Å². The maximum atomic E-state index is 12.8. The lowest BCUT2D eigenvalue weighted by Crippen LogP contribution is -2.50. The van der Waals surface area contributed by atoms with Crippen molar-refractivity contribution in [3.05, 3.63) is 35.9 Å². The molecule has 114 valence electrons. The second-order valence-electron chi connectivity index (χ2n) is 4.67. The van der Waals surface area contributed by atoms with Crippen molar-refractivity contribution in [2.75, 3.05) is 6.61 Å². The first-order valence-electron chi connectivity index (χ1n) is 6.72. The van der Waals surface area contributed by atoms with Crippen molar-refractivity contribution < 1.29 is 18.3 Å². The Kier molecular flexibility index (Phi) is 6.98. The molecule has 1 rings (SSSR count). The first kappa shape index (κ1) is 16.9. The minimum Gasteiger partial charge on any atom is -0.394 e. The maximum Gasteiger partial charge on any atom is 0.405 e. The van der Waals surface area contributed by atoms with Gasteiger partial charge in [0, 0.05) is 0 Å². The van der Waals surface area contributed by atoms with E-state index in [1.54, 1.807) is 24.3 Å². The number of alkyl halides is 3. The fraction of sp³-hybridized carbons (Fsp3) is 0.571. The largest absolute Gasteiger partial charge is 0.405 e. The zero-order valence-electron chi connectivity index (χ0n) is 11.5. The first-order chi connectivity index (χ1) is 9.49. The van der Waals surface area contributed by atoms with Gasteiger partial charge in [-0.15, -0.1) is 0 Å². The summed E-state index contributed by atoms with van der Waals surface area (Å²) in [5, 5.41) is 9.29. The lowest BCUT2D eigenvalue weighted by Gasteiger charge is -2.25. The molecule has 0 amide bonds. The Hall–Kier alpha value is -1.11. The maximum absolute atomic E-state index is 12.8. The fourth-order valence-electron chi connectivity index (χ4n) is 1.85. The molecule has 3 nitrogen and oxygen atoms in total. The van der Waals surface area contributed by atoms with Gasteiger partial charge in [-0.1, -0.05) is 50.1 Å². The molecular weight excluding hydrogens is 269 g/mol. The number of aliphatic hydroxyl groups excluding tert-OH is 1. The molecule has 0 fully saturated rings. The van der Waals surface area contributed by atoms with E-state index in [4.69, 9.17) is 0 Å². The number of nitrogens with one attached hydrogen (secondary N) is 2. The molecule has 2 atom stereocenters. The molecule has 0 saturated heterocycles. The summed E-state index contributed by atoms with van der Waals surface area (Å²) in [4.78, 5) is 0. The van der Waals surface area contributed by atoms with E-state index in [-0.39, 0.29) is 13.0 Å². The number of benzene rings is 1. The van der Waals surface area contributed by atoms with Crippen molar-refractivity contribution in [2.45, 2.75) is 44.4 Å². The molecule has 1 aromatic rings. The first-order valence-corrected chi connectivity index (χ1v) is 6.72. The average molecular weight is 290 g/mol. The zero-order chi connectivity index (χ0) is 15.0. The summed E-state index contributed by atoms with van der Waals surface area (Å²) >= 11 is 0. The highest BCUT2D eigenvalue weighted by Gasteiger charge is 2.39. The molecule has 0 radical (unpaired) electrons. The van der Waals surface area contributed by atoms with Gasteiger partial charge in [-0.25, -0.2) is 10.9 Å². The molecule has 0 spiro atoms. The fourth-order valence-corrected chi connectivity index (χ4v) is 1.85. The van der Waals surface area contributed by atoms with Crippen molar-refractivity contribution >= 4 is 0 Å². The number of rotatable bonds is 8. The third-order valence-corrected chi connectivity index (χ3v) is 3.06. The summed E-state index contributed by atoms with van der Waals surface area (Å²) in [7, 11) is 0. The topological polar surface area (TPSA) is 44.3 Å². The molecule has 6 heteroatoms. The van der Waals surface area contributed by atoms with Gasteiger partial charge in [-0.05, 0) is 12.0 Å².